The second-order valence-electron chi connectivity index (χ2n) is 5.20. The van der Waals surface area contributed by atoms with Crippen LogP contribution in [0.1, 0.15) is 12.5 Å². The lowest BCUT2D eigenvalue weighted by Crippen LogP contribution is -2.37. The number of rotatable bonds is 3. The predicted molar refractivity (Wildman–Crippen MR) is 84.8 cm³/mol. The Hall–Kier alpha value is -2.07. The molecule has 0 spiro atoms. The highest BCUT2D eigenvalue weighted by molar-refractivity contribution is 6.32. The van der Waals surface area contributed by atoms with Crippen molar-refractivity contribution in [1.29, 1.82) is 0 Å². The lowest BCUT2D eigenvalue weighted by Gasteiger charge is -2.24. The van der Waals surface area contributed by atoms with Gasteiger partial charge in [-0.3, -0.25) is 4.79 Å². The molecule has 0 radical (unpaired) electrons. The Morgan fingerprint density at radius 3 is 3.00 bits per heavy atom. The Kier molecular flexibility index (Phi) is 3.80. The summed E-state index contributed by atoms with van der Waals surface area (Å²) < 4.78 is 0. The van der Waals surface area contributed by atoms with Crippen LogP contribution in [-0.2, 0) is 11.2 Å². The van der Waals surface area contributed by atoms with E-state index in [4.69, 9.17) is 11.6 Å². The largest absolute Gasteiger partial charge is 0.359 e. The number of anilines is 2. The van der Waals surface area contributed by atoms with Gasteiger partial charge in [-0.25, -0.2) is 4.98 Å². The molecule has 3 rings (SSSR count). The zero-order chi connectivity index (χ0) is 14.8. The van der Waals surface area contributed by atoms with Gasteiger partial charge in [-0.1, -0.05) is 29.8 Å². The van der Waals surface area contributed by atoms with E-state index in [1.807, 2.05) is 12.1 Å². The first-order valence-corrected chi connectivity index (χ1v) is 7.28. The fraction of sp³-hybridized carbons (Fsp3) is 0.250. The number of nitrogens with one attached hydrogen (secondary N) is 1. The van der Waals surface area contributed by atoms with Crippen LogP contribution in [0.3, 0.4) is 0 Å². The van der Waals surface area contributed by atoms with Crippen molar-refractivity contribution in [3.8, 4) is 0 Å². The maximum atomic E-state index is 12.2. The quantitative estimate of drug-likeness (QED) is 0.886. The van der Waals surface area contributed by atoms with Gasteiger partial charge in [0.05, 0.1) is 12.2 Å². The number of para-hydroxylation sites is 1. The first kappa shape index (κ1) is 13.9. The first-order chi connectivity index (χ1) is 10.1. The van der Waals surface area contributed by atoms with Crippen molar-refractivity contribution in [3.63, 3.8) is 0 Å². The number of aromatic nitrogens is 1. The molecule has 0 saturated carbocycles. The SMILES string of the molecule is C[C@@H]1Cc2ccccc2N1CC(=O)Nc1cccnc1Cl. The lowest BCUT2D eigenvalue weighted by molar-refractivity contribution is -0.115. The van der Waals surface area contributed by atoms with Crippen LogP contribution in [0.15, 0.2) is 42.6 Å². The van der Waals surface area contributed by atoms with Crippen molar-refractivity contribution in [2.75, 3.05) is 16.8 Å². The van der Waals surface area contributed by atoms with E-state index < -0.39 is 0 Å². The van der Waals surface area contributed by atoms with Gasteiger partial charge in [-0.05, 0) is 37.1 Å². The summed E-state index contributed by atoms with van der Waals surface area (Å²) in [5, 5.41) is 3.12. The van der Waals surface area contributed by atoms with E-state index in [-0.39, 0.29) is 5.91 Å². The number of halogens is 1. The number of carbonyl (C=O) groups excluding carboxylic acids is 1. The van der Waals surface area contributed by atoms with E-state index in [1.54, 1.807) is 18.3 Å². The number of hydrogen-bond donors (Lipinski definition) is 1. The van der Waals surface area contributed by atoms with Crippen LogP contribution in [0, 0.1) is 0 Å². The minimum Gasteiger partial charge on any atom is -0.359 e. The van der Waals surface area contributed by atoms with E-state index in [0.29, 0.717) is 23.4 Å². The van der Waals surface area contributed by atoms with Crippen molar-refractivity contribution in [2.45, 2.75) is 19.4 Å². The Bertz CT molecular complexity index is 674. The molecule has 2 heterocycles. The number of fused-ring (bicyclic) bond motifs is 1. The number of pyridine rings is 1. The van der Waals surface area contributed by atoms with Crippen molar-refractivity contribution in [2.24, 2.45) is 0 Å². The van der Waals surface area contributed by atoms with Gasteiger partial charge in [-0.15, -0.1) is 0 Å². The number of amides is 1. The van der Waals surface area contributed by atoms with Gasteiger partial charge in [0.1, 0.15) is 0 Å². The van der Waals surface area contributed by atoms with Gasteiger partial charge in [0.15, 0.2) is 5.15 Å². The van der Waals surface area contributed by atoms with E-state index in [1.165, 1.54) is 5.56 Å². The molecular weight excluding hydrogens is 286 g/mol. The molecule has 1 aromatic heterocycles. The molecule has 1 aliphatic heterocycles. The summed E-state index contributed by atoms with van der Waals surface area (Å²) in [7, 11) is 0. The molecule has 5 heteroatoms. The van der Waals surface area contributed by atoms with Gasteiger partial charge >= 0.3 is 0 Å². The first-order valence-electron chi connectivity index (χ1n) is 6.90. The second-order valence-corrected chi connectivity index (χ2v) is 5.56. The monoisotopic (exact) mass is 301 g/mol. The minimum absolute atomic E-state index is 0.0894. The molecule has 4 nitrogen and oxygen atoms in total. The van der Waals surface area contributed by atoms with Gasteiger partial charge < -0.3 is 10.2 Å². The van der Waals surface area contributed by atoms with Gasteiger partial charge in [0.2, 0.25) is 5.91 Å². The molecular formula is C16H16ClN3O. The summed E-state index contributed by atoms with van der Waals surface area (Å²) in [5.41, 5.74) is 2.97. The van der Waals surface area contributed by atoms with Crippen LogP contribution < -0.4 is 10.2 Å². The van der Waals surface area contributed by atoms with E-state index >= 15 is 0 Å². The molecule has 0 fully saturated rings. The van der Waals surface area contributed by atoms with Crippen LogP contribution in [0.4, 0.5) is 11.4 Å². The highest BCUT2D eigenvalue weighted by atomic mass is 35.5. The Morgan fingerprint density at radius 1 is 1.38 bits per heavy atom. The molecule has 108 valence electrons. The predicted octanol–water partition coefficient (Wildman–Crippen LogP) is 3.12. The van der Waals surface area contributed by atoms with Crippen LogP contribution in [0.2, 0.25) is 5.15 Å². The van der Waals surface area contributed by atoms with E-state index in [0.717, 1.165) is 12.1 Å². The maximum absolute atomic E-state index is 12.2. The summed E-state index contributed by atoms with van der Waals surface area (Å²) in [6.07, 6.45) is 2.56. The molecule has 1 aromatic carbocycles. The molecule has 0 unspecified atom stereocenters. The van der Waals surface area contributed by atoms with Crippen molar-refractivity contribution in [1.82, 2.24) is 4.98 Å². The van der Waals surface area contributed by atoms with Crippen molar-refractivity contribution >= 4 is 28.9 Å². The summed E-state index contributed by atoms with van der Waals surface area (Å²) in [5.74, 6) is -0.0894. The van der Waals surface area contributed by atoms with E-state index in [9.17, 15) is 4.79 Å². The number of nitrogens with zero attached hydrogens (tertiary/aromatic N) is 2. The molecule has 1 amide bonds. The van der Waals surface area contributed by atoms with Gasteiger partial charge in [-0.2, -0.15) is 0 Å². The number of benzene rings is 1. The minimum atomic E-state index is -0.0894. The lowest BCUT2D eigenvalue weighted by atomic mass is 10.1. The summed E-state index contributed by atoms with van der Waals surface area (Å²) in [6.45, 7) is 2.44. The van der Waals surface area contributed by atoms with Crippen molar-refractivity contribution in [3.05, 3.63) is 53.3 Å². The number of hydrogen-bond acceptors (Lipinski definition) is 3. The Morgan fingerprint density at radius 2 is 2.19 bits per heavy atom. The zero-order valence-electron chi connectivity index (χ0n) is 11.7. The molecule has 0 saturated heterocycles. The Balaban J connectivity index is 1.72. The second kappa shape index (κ2) is 5.74. The van der Waals surface area contributed by atoms with Crippen LogP contribution >= 0.6 is 11.6 Å². The highest BCUT2D eigenvalue weighted by Crippen LogP contribution is 2.31. The van der Waals surface area contributed by atoms with Gasteiger partial charge in [0, 0.05) is 17.9 Å². The topological polar surface area (TPSA) is 45.2 Å². The molecule has 1 aliphatic rings. The molecule has 0 bridgehead atoms. The standard InChI is InChI=1S/C16H16ClN3O/c1-11-9-12-5-2-3-7-14(12)20(11)10-15(21)19-13-6-4-8-18-16(13)17/h2-8,11H,9-10H2,1H3,(H,19,21)/t11-/m1/s1. The third-order valence-corrected chi connectivity index (χ3v) is 4.00. The van der Waals surface area contributed by atoms with Crippen LogP contribution in [0.5, 0.6) is 0 Å². The average Bonchev–Trinajstić information content (AvgIpc) is 2.78. The molecule has 2 aromatic rings. The summed E-state index contributed by atoms with van der Waals surface area (Å²) in [4.78, 5) is 18.3. The van der Waals surface area contributed by atoms with Crippen LogP contribution in [-0.4, -0.2) is 23.5 Å². The molecule has 1 N–H and O–H groups in total. The highest BCUT2D eigenvalue weighted by Gasteiger charge is 2.27. The van der Waals surface area contributed by atoms with E-state index in [2.05, 4.69) is 34.3 Å². The normalized spacial score (nSPS) is 16.7. The summed E-state index contributed by atoms with van der Waals surface area (Å²) in [6, 6.07) is 12.0. The van der Waals surface area contributed by atoms with Crippen LogP contribution in [0.25, 0.3) is 0 Å². The van der Waals surface area contributed by atoms with Gasteiger partial charge in [0.25, 0.3) is 0 Å². The third-order valence-electron chi connectivity index (χ3n) is 3.70. The smallest absolute Gasteiger partial charge is 0.243 e. The number of carbonyl (C=O) groups is 1. The Labute approximate surface area is 128 Å². The fourth-order valence-electron chi connectivity index (χ4n) is 2.69. The zero-order valence-corrected chi connectivity index (χ0v) is 12.5. The third kappa shape index (κ3) is 2.85. The average molecular weight is 302 g/mol. The molecule has 0 aliphatic carbocycles. The van der Waals surface area contributed by atoms with Crippen molar-refractivity contribution < 1.29 is 4.79 Å². The molecule has 1 atom stereocenters. The molecule has 21 heavy (non-hydrogen) atoms. The fourth-order valence-corrected chi connectivity index (χ4v) is 2.86. The maximum Gasteiger partial charge on any atom is 0.243 e. The summed E-state index contributed by atoms with van der Waals surface area (Å²) >= 11 is 5.96.